The highest BCUT2D eigenvalue weighted by Gasteiger charge is 2.41. The molecular weight excluding hydrogens is 307 g/mol. The molecule has 0 aliphatic heterocycles. The van der Waals surface area contributed by atoms with Gasteiger partial charge < -0.3 is 5.11 Å². The molecule has 1 nitrogen and oxygen atoms in total. The minimum absolute atomic E-state index is 0.145. The molecule has 3 heteroatoms. The summed E-state index contributed by atoms with van der Waals surface area (Å²) in [5.41, 5.74) is 0.274. The lowest BCUT2D eigenvalue weighted by molar-refractivity contribution is -0.0575. The Hall–Kier alpha value is -0.410. The van der Waals surface area contributed by atoms with Gasteiger partial charge in [-0.2, -0.15) is 0 Å². The quantitative estimate of drug-likeness (QED) is 0.833. The Bertz CT molecular complexity index is 472. The SMILES string of the molecule is CC1CC(C)(C)CC(O)(Cc2cccc(F)c2Br)C1. The largest absolute Gasteiger partial charge is 0.390 e. The number of aliphatic hydroxyl groups is 1. The molecule has 1 aromatic carbocycles. The van der Waals surface area contributed by atoms with Gasteiger partial charge in [0.25, 0.3) is 0 Å². The van der Waals surface area contributed by atoms with Crippen LogP contribution in [-0.2, 0) is 6.42 Å². The highest BCUT2D eigenvalue weighted by molar-refractivity contribution is 9.10. The molecule has 1 aromatic rings. The van der Waals surface area contributed by atoms with Gasteiger partial charge in [-0.05, 0) is 58.2 Å². The van der Waals surface area contributed by atoms with Gasteiger partial charge in [0.05, 0.1) is 10.1 Å². The van der Waals surface area contributed by atoms with Crippen LogP contribution in [0.4, 0.5) is 4.39 Å². The molecule has 106 valence electrons. The molecule has 2 atom stereocenters. The molecule has 2 unspecified atom stereocenters. The summed E-state index contributed by atoms with van der Waals surface area (Å²) >= 11 is 3.29. The van der Waals surface area contributed by atoms with Crippen molar-refractivity contribution in [3.05, 3.63) is 34.1 Å². The van der Waals surface area contributed by atoms with E-state index in [2.05, 4.69) is 36.7 Å². The molecule has 0 radical (unpaired) electrons. The van der Waals surface area contributed by atoms with Crippen LogP contribution in [0.2, 0.25) is 0 Å². The van der Waals surface area contributed by atoms with Gasteiger partial charge in [-0.25, -0.2) is 4.39 Å². The van der Waals surface area contributed by atoms with Gasteiger partial charge in [0.2, 0.25) is 0 Å². The first kappa shape index (κ1) is 15.0. The maximum Gasteiger partial charge on any atom is 0.137 e. The first-order valence-electron chi connectivity index (χ1n) is 6.86. The molecule has 1 N–H and O–H groups in total. The van der Waals surface area contributed by atoms with Crippen LogP contribution in [0, 0.1) is 17.2 Å². The topological polar surface area (TPSA) is 20.2 Å². The number of hydrogen-bond acceptors (Lipinski definition) is 1. The van der Waals surface area contributed by atoms with Crippen LogP contribution in [0.3, 0.4) is 0 Å². The summed E-state index contributed by atoms with van der Waals surface area (Å²) in [6.07, 6.45) is 3.21. The van der Waals surface area contributed by atoms with E-state index in [1.165, 1.54) is 6.07 Å². The Kier molecular flexibility index (Phi) is 4.08. The standard InChI is InChI=1S/C16H22BrFO/c1-11-7-15(2,3)10-16(19,8-11)9-12-5-4-6-13(18)14(12)17/h4-6,11,19H,7-10H2,1-3H3. The van der Waals surface area contributed by atoms with E-state index < -0.39 is 5.60 Å². The van der Waals surface area contributed by atoms with Crippen molar-refractivity contribution in [3.63, 3.8) is 0 Å². The highest BCUT2D eigenvalue weighted by atomic mass is 79.9. The molecule has 1 aliphatic rings. The summed E-state index contributed by atoms with van der Waals surface area (Å²) in [7, 11) is 0. The van der Waals surface area contributed by atoms with Crippen molar-refractivity contribution >= 4 is 15.9 Å². The maximum absolute atomic E-state index is 13.6. The van der Waals surface area contributed by atoms with E-state index >= 15 is 0 Å². The summed E-state index contributed by atoms with van der Waals surface area (Å²) in [4.78, 5) is 0. The van der Waals surface area contributed by atoms with Gasteiger partial charge >= 0.3 is 0 Å². The van der Waals surface area contributed by atoms with E-state index in [9.17, 15) is 9.50 Å². The summed E-state index contributed by atoms with van der Waals surface area (Å²) < 4.78 is 14.0. The predicted molar refractivity (Wildman–Crippen MR) is 79.5 cm³/mol. The molecule has 0 aromatic heterocycles. The number of hydrogen-bond donors (Lipinski definition) is 1. The summed E-state index contributed by atoms with van der Waals surface area (Å²) in [6.45, 7) is 6.59. The Morgan fingerprint density at radius 1 is 1.37 bits per heavy atom. The van der Waals surface area contributed by atoms with E-state index in [1.807, 2.05) is 6.07 Å². The average molecular weight is 329 g/mol. The maximum atomic E-state index is 13.6. The predicted octanol–water partition coefficient (Wildman–Crippen LogP) is 4.71. The first-order valence-corrected chi connectivity index (χ1v) is 7.65. The van der Waals surface area contributed by atoms with Crippen molar-refractivity contribution in [2.24, 2.45) is 11.3 Å². The third-order valence-electron chi connectivity index (χ3n) is 3.99. The Morgan fingerprint density at radius 3 is 2.68 bits per heavy atom. The van der Waals surface area contributed by atoms with E-state index in [4.69, 9.17) is 0 Å². The third-order valence-corrected chi connectivity index (χ3v) is 4.88. The van der Waals surface area contributed by atoms with Gasteiger partial charge in [0.15, 0.2) is 0 Å². The van der Waals surface area contributed by atoms with Crippen molar-refractivity contribution in [2.75, 3.05) is 0 Å². The first-order chi connectivity index (χ1) is 8.71. The Balaban J connectivity index is 2.23. The minimum Gasteiger partial charge on any atom is -0.390 e. The Labute approximate surface area is 123 Å². The van der Waals surface area contributed by atoms with Gasteiger partial charge in [-0.15, -0.1) is 0 Å². The minimum atomic E-state index is -0.725. The lowest BCUT2D eigenvalue weighted by Crippen LogP contribution is -2.43. The summed E-state index contributed by atoms with van der Waals surface area (Å²) in [5, 5.41) is 10.9. The molecule has 0 spiro atoms. The van der Waals surface area contributed by atoms with Crippen molar-refractivity contribution < 1.29 is 9.50 Å². The molecule has 1 aliphatic carbocycles. The smallest absolute Gasteiger partial charge is 0.137 e. The monoisotopic (exact) mass is 328 g/mol. The van der Waals surface area contributed by atoms with Crippen molar-refractivity contribution in [3.8, 4) is 0 Å². The highest BCUT2D eigenvalue weighted by Crippen LogP contribution is 2.45. The van der Waals surface area contributed by atoms with Crippen molar-refractivity contribution in [1.82, 2.24) is 0 Å². The van der Waals surface area contributed by atoms with Gasteiger partial charge in [-0.1, -0.05) is 32.9 Å². The van der Waals surface area contributed by atoms with E-state index in [0.717, 1.165) is 24.8 Å². The zero-order chi connectivity index (χ0) is 14.3. The zero-order valence-corrected chi connectivity index (χ0v) is 13.4. The molecule has 1 fully saturated rings. The fraction of sp³-hybridized carbons (Fsp3) is 0.625. The number of halogens is 2. The van der Waals surface area contributed by atoms with Crippen LogP contribution < -0.4 is 0 Å². The lowest BCUT2D eigenvalue weighted by Gasteiger charge is -2.45. The fourth-order valence-corrected chi connectivity index (χ4v) is 4.28. The van der Waals surface area contributed by atoms with Gasteiger partial charge in [0, 0.05) is 6.42 Å². The Morgan fingerprint density at radius 2 is 2.05 bits per heavy atom. The van der Waals surface area contributed by atoms with Crippen LogP contribution in [0.1, 0.15) is 45.6 Å². The zero-order valence-electron chi connectivity index (χ0n) is 11.8. The molecule has 2 rings (SSSR count). The van der Waals surface area contributed by atoms with Gasteiger partial charge in [-0.3, -0.25) is 0 Å². The lowest BCUT2D eigenvalue weighted by atomic mass is 9.64. The fourth-order valence-electron chi connectivity index (χ4n) is 3.87. The molecule has 0 saturated heterocycles. The van der Waals surface area contributed by atoms with Crippen LogP contribution in [0.15, 0.2) is 22.7 Å². The van der Waals surface area contributed by atoms with Crippen molar-refractivity contribution in [2.45, 2.75) is 52.1 Å². The van der Waals surface area contributed by atoms with Crippen LogP contribution in [0.25, 0.3) is 0 Å². The van der Waals surface area contributed by atoms with E-state index in [0.29, 0.717) is 16.8 Å². The molecule has 19 heavy (non-hydrogen) atoms. The second-order valence-electron chi connectivity index (χ2n) is 6.97. The number of benzene rings is 1. The van der Waals surface area contributed by atoms with Crippen molar-refractivity contribution in [1.29, 1.82) is 0 Å². The molecule has 0 heterocycles. The summed E-state index contributed by atoms with van der Waals surface area (Å²) in [6, 6.07) is 5.03. The van der Waals surface area contributed by atoms with Crippen LogP contribution in [-0.4, -0.2) is 10.7 Å². The molecular formula is C16H22BrFO. The van der Waals surface area contributed by atoms with E-state index in [-0.39, 0.29) is 11.2 Å². The van der Waals surface area contributed by atoms with Crippen LogP contribution >= 0.6 is 15.9 Å². The molecule has 0 bridgehead atoms. The third kappa shape index (κ3) is 3.57. The number of rotatable bonds is 2. The normalized spacial score (nSPS) is 30.3. The average Bonchev–Trinajstić information content (AvgIpc) is 2.20. The molecule has 1 saturated carbocycles. The van der Waals surface area contributed by atoms with Crippen LogP contribution in [0.5, 0.6) is 0 Å². The summed E-state index contributed by atoms with van der Waals surface area (Å²) in [5.74, 6) is 0.241. The second kappa shape index (κ2) is 5.17. The second-order valence-corrected chi connectivity index (χ2v) is 7.76. The van der Waals surface area contributed by atoms with Gasteiger partial charge in [0.1, 0.15) is 5.82 Å². The van der Waals surface area contributed by atoms with E-state index in [1.54, 1.807) is 6.07 Å². The molecule has 0 amide bonds.